The van der Waals surface area contributed by atoms with Crippen molar-refractivity contribution in [3.63, 3.8) is 0 Å². The van der Waals surface area contributed by atoms with Crippen molar-refractivity contribution in [2.45, 2.75) is 0 Å². The molecule has 5 nitrogen and oxygen atoms in total. The lowest BCUT2D eigenvalue weighted by molar-refractivity contribution is 0.670. The smallest absolute Gasteiger partial charge is 0.160 e. The van der Waals surface area contributed by atoms with Crippen LogP contribution in [0.1, 0.15) is 0 Å². The maximum atomic E-state index is 6.80. The molecule has 0 saturated carbocycles. The van der Waals surface area contributed by atoms with E-state index in [4.69, 9.17) is 14.4 Å². The summed E-state index contributed by atoms with van der Waals surface area (Å²) in [5.41, 5.74) is 11.4. The average Bonchev–Trinajstić information content (AvgIpc) is 3.86. The summed E-state index contributed by atoms with van der Waals surface area (Å²) in [6, 6.07) is 58.7. The molecule has 7 aromatic carbocycles. The van der Waals surface area contributed by atoms with Crippen LogP contribution in [0.3, 0.4) is 0 Å². The van der Waals surface area contributed by atoms with Crippen LogP contribution in [0.4, 0.5) is 0 Å². The SMILES string of the molecule is c1ccc(-c2cc(-c3ccc(-c4cccc5sc6ccccc6c45)c4oc5ccccc5c34)nc(-c3ccc(-c4cnc(-c5ccccc5)nc4)cc3)n2)cc1. The Morgan fingerprint density at radius 1 is 0.393 bits per heavy atom. The van der Waals surface area contributed by atoms with Gasteiger partial charge in [-0.3, -0.25) is 0 Å². The quantitative estimate of drug-likeness (QED) is 0.170. The maximum Gasteiger partial charge on any atom is 0.160 e. The van der Waals surface area contributed by atoms with Crippen molar-refractivity contribution < 1.29 is 4.42 Å². The molecule has 0 saturated heterocycles. The molecule has 0 atom stereocenters. The molecule has 11 aromatic rings. The number of para-hydroxylation sites is 1. The largest absolute Gasteiger partial charge is 0.455 e. The van der Waals surface area contributed by atoms with Crippen LogP contribution in [0.15, 0.2) is 187 Å². The Morgan fingerprint density at radius 2 is 1.02 bits per heavy atom. The predicted octanol–water partition coefficient (Wildman–Crippen LogP) is 13.5. The van der Waals surface area contributed by atoms with Crippen molar-refractivity contribution in [3.05, 3.63) is 182 Å². The second-order valence-electron chi connectivity index (χ2n) is 13.8. The number of benzene rings is 7. The molecule has 0 amide bonds. The highest BCUT2D eigenvalue weighted by molar-refractivity contribution is 7.25. The van der Waals surface area contributed by atoms with Gasteiger partial charge < -0.3 is 4.42 Å². The third kappa shape index (κ3) is 5.46. The van der Waals surface area contributed by atoms with Gasteiger partial charge in [-0.25, -0.2) is 19.9 Å². The van der Waals surface area contributed by atoms with Crippen LogP contribution < -0.4 is 0 Å². The van der Waals surface area contributed by atoms with Gasteiger partial charge in [0.2, 0.25) is 0 Å². The van der Waals surface area contributed by atoms with Crippen LogP contribution in [-0.4, -0.2) is 19.9 Å². The molecule has 0 aliphatic carbocycles. The summed E-state index contributed by atoms with van der Waals surface area (Å²) in [6.45, 7) is 0. The molecule has 0 spiro atoms. The molecule has 262 valence electrons. The Morgan fingerprint density at radius 3 is 1.82 bits per heavy atom. The molecule has 4 aromatic heterocycles. The number of aromatic nitrogens is 4. The first-order valence-electron chi connectivity index (χ1n) is 18.5. The van der Waals surface area contributed by atoms with Gasteiger partial charge in [-0.1, -0.05) is 140 Å². The Kier molecular flexibility index (Phi) is 7.60. The molecule has 4 heterocycles. The van der Waals surface area contributed by atoms with E-state index in [9.17, 15) is 0 Å². The molecule has 0 aliphatic rings. The lowest BCUT2D eigenvalue weighted by atomic mass is 9.94. The zero-order chi connectivity index (χ0) is 37.0. The van der Waals surface area contributed by atoms with Crippen LogP contribution in [0.2, 0.25) is 0 Å². The minimum atomic E-state index is 0.642. The molecule has 11 rings (SSSR count). The highest BCUT2D eigenvalue weighted by Crippen LogP contribution is 2.46. The van der Waals surface area contributed by atoms with Gasteiger partial charge >= 0.3 is 0 Å². The summed E-state index contributed by atoms with van der Waals surface area (Å²) in [5.74, 6) is 1.34. The minimum absolute atomic E-state index is 0.642. The van der Waals surface area contributed by atoms with Gasteiger partial charge in [0, 0.05) is 76.7 Å². The molecule has 0 fully saturated rings. The van der Waals surface area contributed by atoms with Gasteiger partial charge in [0.05, 0.1) is 11.4 Å². The van der Waals surface area contributed by atoms with Crippen LogP contribution in [0.5, 0.6) is 0 Å². The van der Waals surface area contributed by atoms with E-state index in [1.54, 1.807) is 0 Å². The zero-order valence-electron chi connectivity index (χ0n) is 29.9. The van der Waals surface area contributed by atoms with Crippen molar-refractivity contribution in [1.82, 2.24) is 19.9 Å². The van der Waals surface area contributed by atoms with Crippen LogP contribution in [0.25, 0.3) is 110 Å². The monoisotopic (exact) mass is 734 g/mol. The second-order valence-corrected chi connectivity index (χ2v) is 14.9. The van der Waals surface area contributed by atoms with Gasteiger partial charge in [-0.05, 0) is 41.5 Å². The summed E-state index contributed by atoms with van der Waals surface area (Å²) in [7, 11) is 0. The molecule has 6 heteroatoms. The van der Waals surface area contributed by atoms with E-state index in [1.807, 2.05) is 84.4 Å². The van der Waals surface area contributed by atoms with Crippen LogP contribution >= 0.6 is 11.3 Å². The standard InChI is InChI=1S/C50H30N4OS/c1-3-12-32(13-4-1)41-28-42(54-50(53-41)34-24-22-31(23-25-34)35-29-51-49(52-30-35)33-14-5-2-6-15-33)38-27-26-37(48-47(38)39-16-7-9-19-43(39)55-48)36-18-11-21-45-46(36)40-17-8-10-20-44(40)56-45/h1-30H. The van der Waals surface area contributed by atoms with Crippen molar-refractivity contribution >= 4 is 53.4 Å². The maximum absolute atomic E-state index is 6.80. The number of rotatable bonds is 6. The van der Waals surface area contributed by atoms with E-state index >= 15 is 0 Å². The topological polar surface area (TPSA) is 64.7 Å². The van der Waals surface area contributed by atoms with Crippen molar-refractivity contribution in [1.29, 1.82) is 0 Å². The molecular formula is C50H30N4OS. The first-order valence-corrected chi connectivity index (χ1v) is 19.3. The highest BCUT2D eigenvalue weighted by atomic mass is 32.1. The third-order valence-electron chi connectivity index (χ3n) is 10.5. The Hall–Kier alpha value is -7.28. The first-order chi connectivity index (χ1) is 27.7. The van der Waals surface area contributed by atoms with E-state index in [0.717, 1.165) is 77.8 Å². The van der Waals surface area contributed by atoms with Gasteiger partial charge in [-0.15, -0.1) is 11.3 Å². The number of nitrogens with zero attached hydrogens (tertiary/aromatic N) is 4. The summed E-state index contributed by atoms with van der Waals surface area (Å²) in [6.07, 6.45) is 3.75. The van der Waals surface area contributed by atoms with E-state index in [0.29, 0.717) is 11.6 Å². The number of fused-ring (bicyclic) bond motifs is 6. The van der Waals surface area contributed by atoms with Crippen molar-refractivity contribution in [2.24, 2.45) is 0 Å². The fourth-order valence-corrected chi connectivity index (χ4v) is 8.88. The van der Waals surface area contributed by atoms with E-state index < -0.39 is 0 Å². The van der Waals surface area contributed by atoms with Crippen LogP contribution in [-0.2, 0) is 0 Å². The van der Waals surface area contributed by atoms with E-state index in [2.05, 4.69) is 119 Å². The van der Waals surface area contributed by atoms with Gasteiger partial charge in [0.15, 0.2) is 11.6 Å². The normalized spacial score (nSPS) is 11.6. The average molecular weight is 735 g/mol. The Balaban J connectivity index is 1.07. The number of thiophene rings is 1. The Bertz CT molecular complexity index is 3230. The minimum Gasteiger partial charge on any atom is -0.455 e. The summed E-state index contributed by atoms with van der Waals surface area (Å²) in [4.78, 5) is 19.7. The molecule has 56 heavy (non-hydrogen) atoms. The van der Waals surface area contributed by atoms with Crippen molar-refractivity contribution in [2.75, 3.05) is 0 Å². The summed E-state index contributed by atoms with van der Waals surface area (Å²) < 4.78 is 9.34. The lowest BCUT2D eigenvalue weighted by Gasteiger charge is -2.12. The first kappa shape index (κ1) is 32.2. The molecule has 0 radical (unpaired) electrons. The number of furan rings is 1. The van der Waals surface area contributed by atoms with Gasteiger partial charge in [-0.2, -0.15) is 0 Å². The lowest BCUT2D eigenvalue weighted by Crippen LogP contribution is -1.96. The Labute approximate surface area is 326 Å². The molecule has 0 N–H and O–H groups in total. The summed E-state index contributed by atoms with van der Waals surface area (Å²) >= 11 is 1.83. The summed E-state index contributed by atoms with van der Waals surface area (Å²) in [5, 5.41) is 4.59. The molecular weight excluding hydrogens is 705 g/mol. The molecule has 0 aliphatic heterocycles. The highest BCUT2D eigenvalue weighted by Gasteiger charge is 2.21. The number of hydrogen-bond acceptors (Lipinski definition) is 6. The van der Waals surface area contributed by atoms with Crippen LogP contribution in [0, 0.1) is 0 Å². The molecule has 0 bridgehead atoms. The fraction of sp³-hybridized carbons (Fsp3) is 0. The van der Waals surface area contributed by atoms with E-state index in [-0.39, 0.29) is 0 Å². The van der Waals surface area contributed by atoms with Gasteiger partial charge in [0.1, 0.15) is 11.2 Å². The third-order valence-corrected chi connectivity index (χ3v) is 11.6. The molecule has 0 unspecified atom stereocenters. The zero-order valence-corrected chi connectivity index (χ0v) is 30.7. The number of hydrogen-bond donors (Lipinski definition) is 0. The van der Waals surface area contributed by atoms with E-state index in [1.165, 1.54) is 20.2 Å². The van der Waals surface area contributed by atoms with Gasteiger partial charge in [0.25, 0.3) is 0 Å². The van der Waals surface area contributed by atoms with Crippen molar-refractivity contribution in [3.8, 4) is 67.5 Å². The second kappa shape index (κ2) is 13.2. The predicted molar refractivity (Wildman–Crippen MR) is 230 cm³/mol. The fourth-order valence-electron chi connectivity index (χ4n) is 7.75.